The highest BCUT2D eigenvalue weighted by molar-refractivity contribution is 5.78. The molecule has 1 amide bonds. The van der Waals surface area contributed by atoms with Crippen molar-refractivity contribution in [2.45, 2.75) is 26.1 Å². The number of carboxylic acid groups (broad SMARTS) is 2. The zero-order valence-electron chi connectivity index (χ0n) is 17.1. The summed E-state index contributed by atoms with van der Waals surface area (Å²) in [5.41, 5.74) is 1.23. The molecule has 0 saturated carbocycles. The van der Waals surface area contributed by atoms with Gasteiger partial charge < -0.3 is 24.6 Å². The van der Waals surface area contributed by atoms with E-state index >= 15 is 0 Å². The molecule has 0 heterocycles. The van der Waals surface area contributed by atoms with E-state index in [4.69, 9.17) is 14.9 Å². The number of carboxylic acids is 1. The van der Waals surface area contributed by atoms with Crippen molar-refractivity contribution < 1.29 is 47.2 Å². The van der Waals surface area contributed by atoms with E-state index in [1.54, 1.807) is 0 Å². The fraction of sp³-hybridized carbons (Fsp3) is 0.286. The molecular weight excluding hydrogens is 435 g/mol. The highest BCUT2D eigenvalue weighted by atomic mass is 19.4. The van der Waals surface area contributed by atoms with Crippen molar-refractivity contribution in [2.75, 3.05) is 13.7 Å². The molecule has 2 aromatic carbocycles. The first-order valence-corrected chi connectivity index (χ1v) is 9.14. The molecule has 0 saturated heterocycles. The van der Waals surface area contributed by atoms with Crippen molar-refractivity contribution in [1.82, 2.24) is 4.90 Å². The summed E-state index contributed by atoms with van der Waals surface area (Å²) in [5, 5.41) is 17.9. The zero-order chi connectivity index (χ0) is 24.1. The fourth-order valence-electron chi connectivity index (χ4n) is 3.08. The Morgan fingerprint density at radius 2 is 1.72 bits per heavy atom. The number of halogens is 3. The molecule has 0 aliphatic heterocycles. The molecule has 172 valence electrons. The minimum atomic E-state index is -4.65. The van der Waals surface area contributed by atoms with Gasteiger partial charge in [0.05, 0.1) is 13.5 Å². The van der Waals surface area contributed by atoms with Gasteiger partial charge >= 0.3 is 18.3 Å². The van der Waals surface area contributed by atoms with E-state index in [0.29, 0.717) is 27.3 Å². The first-order valence-electron chi connectivity index (χ1n) is 9.14. The van der Waals surface area contributed by atoms with Crippen LogP contribution in [0.3, 0.4) is 0 Å². The quantitative estimate of drug-likeness (QED) is 0.458. The van der Waals surface area contributed by atoms with Crippen molar-refractivity contribution in [3.8, 4) is 22.6 Å². The second-order valence-electron chi connectivity index (χ2n) is 6.78. The number of hydrogen-bond acceptors (Lipinski definition) is 5. The highest BCUT2D eigenvalue weighted by Crippen LogP contribution is 2.36. The zero-order valence-corrected chi connectivity index (χ0v) is 17.1. The van der Waals surface area contributed by atoms with E-state index in [1.807, 2.05) is 0 Å². The van der Waals surface area contributed by atoms with Gasteiger partial charge in [0, 0.05) is 19.0 Å². The summed E-state index contributed by atoms with van der Waals surface area (Å²) in [5.74, 6) is -1.78. The van der Waals surface area contributed by atoms with Gasteiger partial charge in [-0.2, -0.15) is 13.2 Å². The number of rotatable bonds is 8. The lowest BCUT2D eigenvalue weighted by Crippen LogP contribution is -2.37. The number of carbonyl (C=O) groups excluding carboxylic acids is 1. The number of carbonyl (C=O) groups is 3. The van der Waals surface area contributed by atoms with Gasteiger partial charge in [-0.05, 0) is 41.0 Å². The summed E-state index contributed by atoms with van der Waals surface area (Å²) in [4.78, 5) is 34.4. The third-order valence-electron chi connectivity index (χ3n) is 4.37. The summed E-state index contributed by atoms with van der Waals surface area (Å²) in [6.45, 7) is -1.04. The summed E-state index contributed by atoms with van der Waals surface area (Å²) in [6.07, 6.45) is -6.58. The van der Waals surface area contributed by atoms with E-state index in [-0.39, 0.29) is 17.7 Å². The Kier molecular flexibility index (Phi) is 7.68. The van der Waals surface area contributed by atoms with E-state index < -0.39 is 37.3 Å². The van der Waals surface area contributed by atoms with Gasteiger partial charge in [-0.15, -0.1) is 0 Å². The van der Waals surface area contributed by atoms with Gasteiger partial charge in [-0.1, -0.05) is 12.1 Å². The number of hydrogen-bond donors (Lipinski definition) is 2. The number of ether oxygens (including phenoxy) is 2. The van der Waals surface area contributed by atoms with Gasteiger partial charge in [-0.25, -0.2) is 4.79 Å². The first kappa shape index (κ1) is 24.5. The third-order valence-corrected chi connectivity index (χ3v) is 4.37. The molecule has 0 spiro atoms. The van der Waals surface area contributed by atoms with Crippen LogP contribution in [0.4, 0.5) is 18.0 Å². The Morgan fingerprint density at radius 3 is 2.25 bits per heavy atom. The SMILES string of the molecule is COc1ccc(CC(=O)O)cc1-c1ccc(OC(=O)O)cc1CN(CC(F)(F)F)C(C)=O. The van der Waals surface area contributed by atoms with Gasteiger partial charge in [0.1, 0.15) is 18.0 Å². The Balaban J connectivity index is 2.63. The van der Waals surface area contributed by atoms with Crippen LogP contribution in [-0.2, 0) is 22.6 Å². The molecule has 32 heavy (non-hydrogen) atoms. The van der Waals surface area contributed by atoms with Crippen LogP contribution >= 0.6 is 0 Å². The van der Waals surface area contributed by atoms with Crippen LogP contribution in [0.15, 0.2) is 36.4 Å². The molecule has 0 aromatic heterocycles. The molecule has 11 heteroatoms. The topological polar surface area (TPSA) is 113 Å². The van der Waals surface area contributed by atoms with Crippen LogP contribution in [0, 0.1) is 0 Å². The Labute approximate surface area is 180 Å². The molecule has 0 fully saturated rings. The smallest absolute Gasteiger partial charge is 0.496 e. The lowest BCUT2D eigenvalue weighted by atomic mass is 9.95. The molecule has 2 N–H and O–H groups in total. The minimum Gasteiger partial charge on any atom is -0.496 e. The second-order valence-corrected chi connectivity index (χ2v) is 6.78. The molecule has 0 radical (unpaired) electrons. The standard InChI is InChI=1S/C21H20F3NO7/c1-12(26)25(11-21(22,23)24)10-14-9-15(32-20(29)30)4-5-16(14)17-7-13(8-19(27)28)3-6-18(17)31-2/h3-7,9H,8,10-11H2,1-2H3,(H,27,28)(H,29,30). The van der Waals surface area contributed by atoms with Crippen LogP contribution in [0.2, 0.25) is 0 Å². The maximum absolute atomic E-state index is 13.0. The van der Waals surface area contributed by atoms with Crippen molar-refractivity contribution in [3.63, 3.8) is 0 Å². The molecule has 2 aromatic rings. The molecule has 0 aliphatic rings. The maximum Gasteiger partial charge on any atom is 0.511 e. The Morgan fingerprint density at radius 1 is 1.03 bits per heavy atom. The first-order chi connectivity index (χ1) is 14.9. The average molecular weight is 455 g/mol. The van der Waals surface area contributed by atoms with Crippen LogP contribution in [0.5, 0.6) is 11.5 Å². The van der Waals surface area contributed by atoms with E-state index in [9.17, 15) is 27.6 Å². The van der Waals surface area contributed by atoms with Crippen molar-refractivity contribution >= 4 is 18.0 Å². The highest BCUT2D eigenvalue weighted by Gasteiger charge is 2.32. The predicted molar refractivity (Wildman–Crippen MR) is 106 cm³/mol. The van der Waals surface area contributed by atoms with Gasteiger partial charge in [0.15, 0.2) is 0 Å². The van der Waals surface area contributed by atoms with Gasteiger partial charge in [-0.3, -0.25) is 9.59 Å². The molecule has 0 unspecified atom stereocenters. The molecule has 2 rings (SSSR count). The monoisotopic (exact) mass is 455 g/mol. The van der Waals surface area contributed by atoms with E-state index in [2.05, 4.69) is 4.74 Å². The predicted octanol–water partition coefficient (Wildman–Crippen LogP) is 3.96. The van der Waals surface area contributed by atoms with Gasteiger partial charge in [0.2, 0.25) is 5.91 Å². The van der Waals surface area contributed by atoms with Crippen molar-refractivity contribution in [2.24, 2.45) is 0 Å². The largest absolute Gasteiger partial charge is 0.511 e. The van der Waals surface area contributed by atoms with Crippen LogP contribution in [0.1, 0.15) is 18.1 Å². The molecule has 0 bridgehead atoms. The van der Waals surface area contributed by atoms with Crippen molar-refractivity contribution in [3.05, 3.63) is 47.5 Å². The molecular formula is C21H20F3NO7. The van der Waals surface area contributed by atoms with E-state index in [1.165, 1.54) is 43.5 Å². The summed E-state index contributed by atoms with van der Waals surface area (Å²) in [6, 6.07) is 8.45. The fourth-order valence-corrected chi connectivity index (χ4v) is 3.08. The number of benzene rings is 2. The normalized spacial score (nSPS) is 11.0. The summed E-state index contributed by atoms with van der Waals surface area (Å²) in [7, 11) is 1.36. The van der Waals surface area contributed by atoms with Gasteiger partial charge in [0.25, 0.3) is 0 Å². The molecule has 0 aliphatic carbocycles. The summed E-state index contributed by atoms with van der Waals surface area (Å²) >= 11 is 0. The second kappa shape index (κ2) is 10.0. The summed E-state index contributed by atoms with van der Waals surface area (Å²) < 4.78 is 48.8. The van der Waals surface area contributed by atoms with Crippen LogP contribution < -0.4 is 9.47 Å². The van der Waals surface area contributed by atoms with Crippen LogP contribution in [-0.4, -0.2) is 53.0 Å². The Bertz CT molecular complexity index is 1020. The number of aliphatic carboxylic acids is 1. The average Bonchev–Trinajstić information content (AvgIpc) is 2.65. The third kappa shape index (κ3) is 6.89. The molecule has 8 nitrogen and oxygen atoms in total. The number of alkyl halides is 3. The van der Waals surface area contributed by atoms with Crippen LogP contribution in [0.25, 0.3) is 11.1 Å². The Hall–Kier alpha value is -3.76. The maximum atomic E-state index is 13.0. The molecule has 0 atom stereocenters. The minimum absolute atomic E-state index is 0.147. The number of amides is 1. The van der Waals surface area contributed by atoms with Crippen molar-refractivity contribution in [1.29, 1.82) is 0 Å². The number of methoxy groups -OCH3 is 1. The lowest BCUT2D eigenvalue weighted by Gasteiger charge is -2.24. The lowest BCUT2D eigenvalue weighted by molar-refractivity contribution is -0.161. The van der Waals surface area contributed by atoms with E-state index in [0.717, 1.165) is 6.92 Å². The number of nitrogens with zero attached hydrogens (tertiary/aromatic N) is 1.